The first-order valence-electron chi connectivity index (χ1n) is 8.26. The molecule has 3 rings (SSSR count). The molecule has 1 unspecified atom stereocenters. The Balaban J connectivity index is 2.32. The molecule has 1 aromatic carbocycles. The highest BCUT2D eigenvalue weighted by Crippen LogP contribution is 2.55. The Bertz CT molecular complexity index is 550. The standard InChI is InChI=1S/C20H29I/c1-17(2)8-9-20(7,21)16-11-14-13(10-15(16)17)18(3,4)12-19(14,5)6/h10-11H,8-9,12H2,1-7H3. The Morgan fingerprint density at radius 3 is 1.62 bits per heavy atom. The van der Waals surface area contributed by atoms with Crippen LogP contribution in [0.5, 0.6) is 0 Å². The molecule has 0 saturated carbocycles. The van der Waals surface area contributed by atoms with E-state index in [1.165, 1.54) is 19.3 Å². The summed E-state index contributed by atoms with van der Waals surface area (Å²) in [6.45, 7) is 17.0. The van der Waals surface area contributed by atoms with Crippen LogP contribution in [0.1, 0.15) is 90.0 Å². The van der Waals surface area contributed by atoms with Crippen molar-refractivity contribution in [1.82, 2.24) is 0 Å². The summed E-state index contributed by atoms with van der Waals surface area (Å²) in [5.41, 5.74) is 7.35. The van der Waals surface area contributed by atoms with Crippen LogP contribution in [0.3, 0.4) is 0 Å². The fraction of sp³-hybridized carbons (Fsp3) is 0.700. The van der Waals surface area contributed by atoms with Crippen LogP contribution in [0.25, 0.3) is 0 Å². The topological polar surface area (TPSA) is 0 Å². The summed E-state index contributed by atoms with van der Waals surface area (Å²) in [6, 6.07) is 5.16. The highest BCUT2D eigenvalue weighted by molar-refractivity contribution is 14.1. The van der Waals surface area contributed by atoms with Gasteiger partial charge in [0.05, 0.1) is 0 Å². The van der Waals surface area contributed by atoms with Crippen molar-refractivity contribution in [2.45, 2.75) is 87.4 Å². The van der Waals surface area contributed by atoms with Gasteiger partial charge in [-0.15, -0.1) is 0 Å². The molecule has 0 heterocycles. The lowest BCUT2D eigenvalue weighted by atomic mass is 9.67. The van der Waals surface area contributed by atoms with Gasteiger partial charge in [0.15, 0.2) is 0 Å². The second-order valence-electron chi connectivity index (χ2n) is 9.47. The predicted octanol–water partition coefficient (Wildman–Crippen LogP) is 6.37. The Morgan fingerprint density at radius 1 is 0.667 bits per heavy atom. The lowest BCUT2D eigenvalue weighted by Crippen LogP contribution is -2.33. The van der Waals surface area contributed by atoms with Crippen LogP contribution in [0.4, 0.5) is 0 Å². The minimum Gasteiger partial charge on any atom is -0.0740 e. The SMILES string of the molecule is CC1(C)CC(C)(C)c2cc3c(cc21)C(C)(C)CCC3(C)I. The maximum absolute atomic E-state index is 2.68. The molecular weight excluding hydrogens is 367 g/mol. The molecule has 0 spiro atoms. The van der Waals surface area contributed by atoms with E-state index in [2.05, 4.69) is 83.2 Å². The largest absolute Gasteiger partial charge is 0.0740 e. The molecule has 1 heteroatoms. The van der Waals surface area contributed by atoms with Gasteiger partial charge in [0.25, 0.3) is 0 Å². The van der Waals surface area contributed by atoms with Gasteiger partial charge in [-0.3, -0.25) is 0 Å². The number of fused-ring (bicyclic) bond motifs is 2. The molecule has 0 N–H and O–H groups in total. The van der Waals surface area contributed by atoms with Gasteiger partial charge in [-0.25, -0.2) is 0 Å². The van der Waals surface area contributed by atoms with Gasteiger partial charge in [0, 0.05) is 3.42 Å². The molecule has 1 aromatic rings. The number of rotatable bonds is 0. The molecule has 116 valence electrons. The van der Waals surface area contributed by atoms with E-state index in [4.69, 9.17) is 0 Å². The second kappa shape index (κ2) is 4.27. The highest BCUT2D eigenvalue weighted by atomic mass is 127. The number of alkyl halides is 1. The van der Waals surface area contributed by atoms with Crippen molar-refractivity contribution >= 4 is 22.6 Å². The molecule has 0 aromatic heterocycles. The minimum atomic E-state index is 0.292. The van der Waals surface area contributed by atoms with Crippen LogP contribution in [0.15, 0.2) is 12.1 Å². The smallest absolute Gasteiger partial charge is 0.0445 e. The van der Waals surface area contributed by atoms with Crippen LogP contribution in [0, 0.1) is 0 Å². The minimum absolute atomic E-state index is 0.292. The van der Waals surface area contributed by atoms with Crippen molar-refractivity contribution in [2.24, 2.45) is 0 Å². The van der Waals surface area contributed by atoms with Gasteiger partial charge in [0.2, 0.25) is 0 Å². The van der Waals surface area contributed by atoms with Gasteiger partial charge in [-0.05, 0) is 64.7 Å². The fourth-order valence-corrected chi connectivity index (χ4v) is 5.54. The van der Waals surface area contributed by atoms with Gasteiger partial charge in [-0.2, -0.15) is 0 Å². The summed E-state index contributed by atoms with van der Waals surface area (Å²) in [5.74, 6) is 0. The molecular formula is C20H29I. The van der Waals surface area contributed by atoms with E-state index in [1.807, 2.05) is 0 Å². The molecule has 0 saturated heterocycles. The van der Waals surface area contributed by atoms with E-state index in [1.54, 1.807) is 22.3 Å². The Kier molecular flexibility index (Phi) is 3.22. The second-order valence-corrected chi connectivity index (χ2v) is 11.9. The average Bonchev–Trinajstić information content (AvgIpc) is 2.50. The summed E-state index contributed by atoms with van der Waals surface area (Å²) >= 11 is 2.68. The third kappa shape index (κ3) is 2.29. The van der Waals surface area contributed by atoms with E-state index in [0.717, 1.165) is 0 Å². The predicted molar refractivity (Wildman–Crippen MR) is 101 cm³/mol. The molecule has 0 radical (unpaired) electrons. The van der Waals surface area contributed by atoms with E-state index in [-0.39, 0.29) is 0 Å². The summed E-state index contributed by atoms with van der Waals surface area (Å²) in [5, 5.41) is 0. The van der Waals surface area contributed by atoms with Crippen LogP contribution in [-0.4, -0.2) is 0 Å². The van der Waals surface area contributed by atoms with Crippen LogP contribution in [0.2, 0.25) is 0 Å². The Hall–Kier alpha value is -0.0500. The fourth-order valence-electron chi connectivity index (χ4n) is 4.82. The normalized spacial score (nSPS) is 31.6. The number of benzene rings is 1. The molecule has 0 aliphatic heterocycles. The van der Waals surface area contributed by atoms with E-state index < -0.39 is 0 Å². The monoisotopic (exact) mass is 396 g/mol. The first-order valence-corrected chi connectivity index (χ1v) is 9.34. The van der Waals surface area contributed by atoms with Crippen molar-refractivity contribution in [3.63, 3.8) is 0 Å². The highest BCUT2D eigenvalue weighted by Gasteiger charge is 2.46. The Labute approximate surface area is 144 Å². The zero-order valence-corrected chi connectivity index (χ0v) is 16.8. The van der Waals surface area contributed by atoms with Gasteiger partial charge < -0.3 is 0 Å². The molecule has 1 atom stereocenters. The molecule has 0 amide bonds. The number of hydrogen-bond donors (Lipinski definition) is 0. The van der Waals surface area contributed by atoms with Crippen molar-refractivity contribution in [3.05, 3.63) is 34.4 Å². The lowest BCUT2D eigenvalue weighted by molar-refractivity contribution is 0.392. The van der Waals surface area contributed by atoms with Gasteiger partial charge in [0.1, 0.15) is 0 Å². The first kappa shape index (κ1) is 15.8. The van der Waals surface area contributed by atoms with Gasteiger partial charge in [-0.1, -0.05) is 76.3 Å². The zero-order valence-electron chi connectivity index (χ0n) is 14.7. The number of hydrogen-bond acceptors (Lipinski definition) is 0. The average molecular weight is 396 g/mol. The first-order chi connectivity index (χ1) is 9.37. The van der Waals surface area contributed by atoms with Crippen molar-refractivity contribution in [3.8, 4) is 0 Å². The molecule has 21 heavy (non-hydrogen) atoms. The summed E-state index contributed by atoms with van der Waals surface area (Å²) in [6.07, 6.45) is 3.84. The maximum atomic E-state index is 2.68. The summed E-state index contributed by atoms with van der Waals surface area (Å²) in [7, 11) is 0. The third-order valence-corrected chi connectivity index (χ3v) is 7.13. The van der Waals surface area contributed by atoms with E-state index >= 15 is 0 Å². The maximum Gasteiger partial charge on any atom is 0.0445 e. The van der Waals surface area contributed by atoms with Crippen LogP contribution in [-0.2, 0) is 19.7 Å². The molecule has 2 aliphatic rings. The van der Waals surface area contributed by atoms with Crippen molar-refractivity contribution < 1.29 is 0 Å². The summed E-state index contributed by atoms with van der Waals surface area (Å²) < 4.78 is 0.292. The molecule has 0 nitrogen and oxygen atoms in total. The van der Waals surface area contributed by atoms with E-state index in [0.29, 0.717) is 19.7 Å². The van der Waals surface area contributed by atoms with E-state index in [9.17, 15) is 0 Å². The number of halogens is 1. The Morgan fingerprint density at radius 2 is 1.10 bits per heavy atom. The molecule has 2 aliphatic carbocycles. The van der Waals surface area contributed by atoms with Crippen molar-refractivity contribution in [1.29, 1.82) is 0 Å². The van der Waals surface area contributed by atoms with Gasteiger partial charge >= 0.3 is 0 Å². The lowest BCUT2D eigenvalue weighted by Gasteiger charge is -2.42. The summed E-state index contributed by atoms with van der Waals surface area (Å²) in [4.78, 5) is 0. The molecule has 0 fully saturated rings. The van der Waals surface area contributed by atoms with Crippen molar-refractivity contribution in [2.75, 3.05) is 0 Å². The quantitative estimate of drug-likeness (QED) is 0.353. The van der Waals surface area contributed by atoms with Crippen LogP contribution < -0.4 is 0 Å². The molecule has 0 bridgehead atoms. The van der Waals surface area contributed by atoms with Crippen LogP contribution >= 0.6 is 22.6 Å². The third-order valence-electron chi connectivity index (χ3n) is 6.01. The zero-order chi connectivity index (χ0) is 15.8.